The lowest BCUT2D eigenvalue weighted by molar-refractivity contribution is -0.296. The summed E-state index contributed by atoms with van der Waals surface area (Å²) in [6.45, 7) is 3.18. The second kappa shape index (κ2) is 7.71. The third-order valence-corrected chi connectivity index (χ3v) is 4.29. The third-order valence-electron chi connectivity index (χ3n) is 4.29. The van der Waals surface area contributed by atoms with Crippen molar-refractivity contribution in [3.63, 3.8) is 0 Å². The van der Waals surface area contributed by atoms with Gasteiger partial charge in [0.15, 0.2) is 17.9 Å². The largest absolute Gasteiger partial charge is 0.387 e. The minimum atomic E-state index is -1.34. The topological polar surface area (TPSA) is 123 Å². The van der Waals surface area contributed by atoms with E-state index in [-0.39, 0.29) is 13.2 Å². The maximum Gasteiger partial charge on any atom is 0.190 e. The average Bonchev–Trinajstić information content (AvgIpc) is 2.64. The van der Waals surface area contributed by atoms with E-state index in [2.05, 4.69) is 10.0 Å². The van der Waals surface area contributed by atoms with Crippen LogP contribution in [0.25, 0.3) is 10.4 Å². The summed E-state index contributed by atoms with van der Waals surface area (Å²) in [5, 5.41) is 14.4. The number of aliphatic hydroxyl groups excluding tert-OH is 1. The van der Waals surface area contributed by atoms with Gasteiger partial charge in [-0.15, -0.1) is 0 Å². The fourth-order valence-corrected chi connectivity index (χ4v) is 2.98. The molecule has 1 unspecified atom stereocenters. The van der Waals surface area contributed by atoms with Crippen LogP contribution < -0.4 is 0 Å². The van der Waals surface area contributed by atoms with Crippen molar-refractivity contribution in [3.8, 4) is 0 Å². The van der Waals surface area contributed by atoms with Crippen molar-refractivity contribution in [1.82, 2.24) is 0 Å². The average molecular weight is 363 g/mol. The Balaban J connectivity index is 1.82. The molecule has 0 aromatic heterocycles. The van der Waals surface area contributed by atoms with E-state index in [1.807, 2.05) is 30.3 Å². The molecule has 0 amide bonds. The van der Waals surface area contributed by atoms with Crippen LogP contribution >= 0.6 is 0 Å². The molecule has 2 heterocycles. The summed E-state index contributed by atoms with van der Waals surface area (Å²) in [5.41, 5.74) is 9.55. The van der Waals surface area contributed by atoms with E-state index >= 15 is 0 Å². The number of aliphatic hydroxyl groups is 1. The molecule has 3 rings (SSSR count). The number of nitrogens with zero attached hydrogens (tertiary/aromatic N) is 3. The number of azide groups is 1. The Labute approximate surface area is 150 Å². The Morgan fingerprint density at radius 2 is 2.08 bits per heavy atom. The van der Waals surface area contributed by atoms with Gasteiger partial charge in [-0.2, -0.15) is 0 Å². The summed E-state index contributed by atoms with van der Waals surface area (Å²) in [4.78, 5) is 15.0. The predicted molar refractivity (Wildman–Crippen MR) is 88.9 cm³/mol. The highest BCUT2D eigenvalue weighted by Crippen LogP contribution is 2.32. The van der Waals surface area contributed by atoms with E-state index in [0.717, 1.165) is 5.56 Å². The third kappa shape index (κ3) is 4.04. The lowest BCUT2D eigenvalue weighted by Crippen LogP contribution is -2.58. The molecule has 0 radical (unpaired) electrons. The first-order valence-corrected chi connectivity index (χ1v) is 8.30. The molecule has 2 aliphatic heterocycles. The Morgan fingerprint density at radius 1 is 1.35 bits per heavy atom. The smallest absolute Gasteiger partial charge is 0.190 e. The minimum Gasteiger partial charge on any atom is -0.387 e. The molecule has 5 atom stereocenters. The van der Waals surface area contributed by atoms with E-state index in [4.69, 9.17) is 24.5 Å². The van der Waals surface area contributed by atoms with E-state index in [9.17, 15) is 9.90 Å². The van der Waals surface area contributed by atoms with Crippen LogP contribution in [0.4, 0.5) is 0 Å². The number of ether oxygens (including phenoxy) is 4. The first-order valence-electron chi connectivity index (χ1n) is 8.30. The summed E-state index contributed by atoms with van der Waals surface area (Å²) >= 11 is 0. The normalized spacial score (nSPS) is 32.5. The molecule has 2 fully saturated rings. The SMILES string of the molecule is CC1(C)OCC(=O)[C@H]([C@H](O)[C@@H]2OC(c3ccccc3)OC[C@H]2N=[N+]=[N-])O1. The molecule has 9 nitrogen and oxygen atoms in total. The fraction of sp³-hybridized carbons (Fsp3) is 0.588. The van der Waals surface area contributed by atoms with Gasteiger partial charge in [-0.25, -0.2) is 0 Å². The highest BCUT2D eigenvalue weighted by molar-refractivity contribution is 5.85. The predicted octanol–water partition coefficient (Wildman–Crippen LogP) is 1.86. The Kier molecular flexibility index (Phi) is 5.57. The van der Waals surface area contributed by atoms with Gasteiger partial charge < -0.3 is 24.1 Å². The molecular weight excluding hydrogens is 342 g/mol. The number of carbonyl (C=O) groups is 1. The molecule has 0 spiro atoms. The monoisotopic (exact) mass is 363 g/mol. The first-order chi connectivity index (χ1) is 12.4. The summed E-state index contributed by atoms with van der Waals surface area (Å²) in [6, 6.07) is 8.37. The molecule has 9 heteroatoms. The summed E-state index contributed by atoms with van der Waals surface area (Å²) < 4.78 is 22.3. The van der Waals surface area contributed by atoms with Crippen LogP contribution in [0.3, 0.4) is 0 Å². The summed E-state index contributed by atoms with van der Waals surface area (Å²) in [5.74, 6) is -1.42. The molecule has 1 aromatic carbocycles. The van der Waals surface area contributed by atoms with Gasteiger partial charge in [-0.05, 0) is 19.4 Å². The molecule has 140 valence electrons. The van der Waals surface area contributed by atoms with Gasteiger partial charge in [0.25, 0.3) is 0 Å². The molecule has 0 aliphatic carbocycles. The van der Waals surface area contributed by atoms with E-state index in [1.54, 1.807) is 13.8 Å². The van der Waals surface area contributed by atoms with Gasteiger partial charge in [0.1, 0.15) is 24.9 Å². The second-order valence-corrected chi connectivity index (χ2v) is 6.63. The zero-order valence-electron chi connectivity index (χ0n) is 14.5. The molecule has 2 aliphatic rings. The Hall–Kier alpha value is -2.00. The van der Waals surface area contributed by atoms with Crippen LogP contribution in [-0.4, -0.2) is 54.2 Å². The standard InChI is InChI=1S/C17H21N3O6/c1-17(2)24-9-12(21)15(26-17)13(22)14-11(19-20-18)8-23-16(25-14)10-6-4-3-5-7-10/h3-7,11,13-16,22H,8-9H2,1-2H3/t11-,13-,14-,15-,16?/m1/s1. The van der Waals surface area contributed by atoms with E-state index in [0.29, 0.717) is 0 Å². The van der Waals surface area contributed by atoms with E-state index in [1.165, 1.54) is 0 Å². The fourth-order valence-electron chi connectivity index (χ4n) is 2.98. The molecular formula is C17H21N3O6. The maximum absolute atomic E-state index is 12.2. The minimum absolute atomic E-state index is 0.0478. The van der Waals surface area contributed by atoms with Crippen molar-refractivity contribution < 1.29 is 28.8 Å². The van der Waals surface area contributed by atoms with Gasteiger partial charge in [0.2, 0.25) is 0 Å². The Bertz CT molecular complexity index is 691. The van der Waals surface area contributed by atoms with Gasteiger partial charge in [0.05, 0.1) is 12.6 Å². The molecule has 1 aromatic rings. The number of benzene rings is 1. The lowest BCUT2D eigenvalue weighted by atomic mass is 9.97. The van der Waals surface area contributed by atoms with Crippen molar-refractivity contribution in [3.05, 3.63) is 46.3 Å². The molecule has 26 heavy (non-hydrogen) atoms. The highest BCUT2D eigenvalue weighted by Gasteiger charge is 2.46. The summed E-state index contributed by atoms with van der Waals surface area (Å²) in [6.07, 6.45) is -4.19. The van der Waals surface area contributed by atoms with Gasteiger partial charge in [-0.3, -0.25) is 4.79 Å². The van der Waals surface area contributed by atoms with E-state index < -0.39 is 42.2 Å². The number of hydrogen-bond donors (Lipinski definition) is 1. The lowest BCUT2D eigenvalue weighted by Gasteiger charge is -2.42. The van der Waals surface area contributed by atoms with Crippen LogP contribution in [0.5, 0.6) is 0 Å². The molecule has 0 bridgehead atoms. The van der Waals surface area contributed by atoms with Crippen LogP contribution in [0, 0.1) is 0 Å². The van der Waals surface area contributed by atoms with Crippen molar-refractivity contribution in [2.45, 2.75) is 50.3 Å². The van der Waals surface area contributed by atoms with Crippen molar-refractivity contribution >= 4 is 5.78 Å². The number of ketones is 1. The zero-order chi connectivity index (χ0) is 18.7. The molecule has 0 saturated carbocycles. The van der Waals surface area contributed by atoms with Gasteiger partial charge >= 0.3 is 0 Å². The quantitative estimate of drug-likeness (QED) is 0.495. The van der Waals surface area contributed by atoms with Crippen molar-refractivity contribution in [2.75, 3.05) is 13.2 Å². The number of hydrogen-bond acceptors (Lipinski definition) is 7. The first kappa shape index (κ1) is 18.8. The number of rotatable bonds is 4. The Morgan fingerprint density at radius 3 is 2.77 bits per heavy atom. The van der Waals surface area contributed by atoms with Crippen LogP contribution in [0.1, 0.15) is 25.7 Å². The van der Waals surface area contributed by atoms with Crippen LogP contribution in [0.2, 0.25) is 0 Å². The van der Waals surface area contributed by atoms with Crippen molar-refractivity contribution in [1.29, 1.82) is 0 Å². The van der Waals surface area contributed by atoms with Gasteiger partial charge in [0, 0.05) is 10.5 Å². The van der Waals surface area contributed by atoms with Gasteiger partial charge in [-0.1, -0.05) is 35.4 Å². The molecule has 1 N–H and O–H groups in total. The zero-order valence-corrected chi connectivity index (χ0v) is 14.5. The van der Waals surface area contributed by atoms with Crippen LogP contribution in [0.15, 0.2) is 35.4 Å². The second-order valence-electron chi connectivity index (χ2n) is 6.63. The highest BCUT2D eigenvalue weighted by atomic mass is 16.7. The molecule has 2 saturated heterocycles. The van der Waals surface area contributed by atoms with Crippen LogP contribution in [-0.2, 0) is 23.7 Å². The maximum atomic E-state index is 12.2. The van der Waals surface area contributed by atoms with Crippen molar-refractivity contribution in [2.24, 2.45) is 5.11 Å². The number of Topliss-reactive ketones (excluding diaryl/α,β-unsaturated/α-hetero) is 1. The number of carbonyl (C=O) groups excluding carboxylic acids is 1. The summed E-state index contributed by atoms with van der Waals surface area (Å²) in [7, 11) is 0.